The first kappa shape index (κ1) is 67.0. The number of aromatic nitrogens is 2. The molecule has 106 heavy (non-hydrogen) atoms. The summed E-state index contributed by atoms with van der Waals surface area (Å²) in [6.07, 6.45) is 0. The minimum absolute atomic E-state index is 0.162. The van der Waals surface area contributed by atoms with Gasteiger partial charge in [0.25, 0.3) is 0 Å². The first-order valence-corrected chi connectivity index (χ1v) is 37.1. The lowest BCUT2D eigenvalue weighted by atomic mass is 9.85. The number of hydrogen-bond acceptors (Lipinski definition) is 7. The average molecular weight is 1380 g/mol. The third kappa shape index (κ3) is 11.4. The Morgan fingerprint density at radius 2 is 0.538 bits per heavy atom. The molecule has 522 valence electrons. The van der Waals surface area contributed by atoms with Gasteiger partial charge in [-0.05, 0) is 192 Å². The van der Waals surface area contributed by atoms with Crippen molar-refractivity contribution >= 4 is 100 Å². The molecule has 0 unspecified atom stereocenters. The molecular weight excluding hydrogens is 1290 g/mol. The fourth-order valence-electron chi connectivity index (χ4n) is 16.2. The van der Waals surface area contributed by atoms with E-state index in [9.17, 15) is 5.26 Å². The monoisotopic (exact) mass is 1380 g/mol. The SMILES string of the molecule is CC(C)(C)c1ccc2c(c1)c1cc(C(C)(C)C)ccc1n2-c1cc(-n2c3ccc(C(C)(C)C)cc3c3cc(C(C)(C)C)ccc32)c(N2CN(c3cc(-c4ccccc4)ccc3N)c3cc(-c4ccccc4)ccc32)c(C#N)c1N1CN(c2cc(-c3ccccc3)ccc2N)c2cc(-c3ccccc3)ccc21. The molecule has 0 saturated heterocycles. The number of nitrogens with zero attached hydrogens (tertiary/aromatic N) is 7. The van der Waals surface area contributed by atoms with Crippen molar-refractivity contribution in [1.29, 1.82) is 5.26 Å². The molecule has 0 radical (unpaired) electrons. The molecule has 2 aromatic heterocycles. The highest BCUT2D eigenvalue weighted by Crippen LogP contribution is 2.57. The highest BCUT2D eigenvalue weighted by molar-refractivity contribution is 6.14. The van der Waals surface area contributed by atoms with E-state index in [1.165, 1.54) is 22.3 Å². The van der Waals surface area contributed by atoms with E-state index in [1.54, 1.807) is 0 Å². The van der Waals surface area contributed by atoms with E-state index >= 15 is 0 Å². The van der Waals surface area contributed by atoms with Gasteiger partial charge in [0.15, 0.2) is 0 Å². The number of fused-ring (bicyclic) bond motifs is 8. The lowest BCUT2D eigenvalue weighted by Crippen LogP contribution is -2.29. The minimum atomic E-state index is -0.162. The Balaban J connectivity index is 1.05. The number of benzene rings is 13. The maximum atomic E-state index is 13.5. The van der Waals surface area contributed by atoms with Crippen molar-refractivity contribution in [2.45, 2.75) is 105 Å². The summed E-state index contributed by atoms with van der Waals surface area (Å²) in [5.41, 5.74) is 42.2. The van der Waals surface area contributed by atoms with Gasteiger partial charge in [-0.25, -0.2) is 0 Å². The van der Waals surface area contributed by atoms with E-state index in [-0.39, 0.29) is 21.7 Å². The van der Waals surface area contributed by atoms with Crippen LogP contribution in [0.2, 0.25) is 0 Å². The quantitative estimate of drug-likeness (QED) is 0.132. The van der Waals surface area contributed by atoms with Crippen molar-refractivity contribution in [2.24, 2.45) is 0 Å². The van der Waals surface area contributed by atoms with Gasteiger partial charge in [0.2, 0.25) is 0 Å². The number of nitriles is 1. The summed E-state index contributed by atoms with van der Waals surface area (Å²) in [6.45, 7) is 28.2. The zero-order valence-electron chi connectivity index (χ0n) is 62.7. The van der Waals surface area contributed by atoms with Crippen LogP contribution in [0.15, 0.2) is 273 Å². The molecule has 4 heterocycles. The molecule has 15 aromatic rings. The van der Waals surface area contributed by atoms with E-state index in [0.717, 1.165) is 145 Å². The van der Waals surface area contributed by atoms with Crippen LogP contribution in [0.3, 0.4) is 0 Å². The molecule has 17 rings (SSSR count). The maximum absolute atomic E-state index is 13.5. The standard InChI is InChI=1S/C97H89N9/c1-94(2,3)69-37-45-80-73(53-69)74-54-70(95(4,5)6)38-46-81(74)105(80)90-57-91(106-82-47-39-71(96(7,8)9)55-75(82)76-56-72(97(10,11)12)40-48-83(76)106)93(104-60-102(87-50-66(34-42-79(87)100)62-27-19-14-20-28-62)89-52-68(36-44-85(89)104)64-31-23-16-24-32-64)77(58-98)92(90)103-59-101(86-49-65(33-41-78(86)99)61-25-17-13-18-26-61)88-51-67(35-43-84(88)103)63-29-21-15-22-30-63/h13-57H,59-60,99-100H2,1-12H3. The molecule has 0 bridgehead atoms. The maximum Gasteiger partial charge on any atom is 0.104 e. The van der Waals surface area contributed by atoms with Crippen molar-refractivity contribution in [2.75, 3.05) is 44.4 Å². The largest absolute Gasteiger partial charge is 0.397 e. The predicted molar refractivity (Wildman–Crippen MR) is 449 cm³/mol. The van der Waals surface area contributed by atoms with E-state index < -0.39 is 0 Å². The molecule has 2 aliphatic heterocycles. The Kier molecular flexibility index (Phi) is 15.8. The Labute approximate surface area is 623 Å². The van der Waals surface area contributed by atoms with Crippen LogP contribution in [0.25, 0.3) is 99.5 Å². The lowest BCUT2D eigenvalue weighted by Gasteiger charge is -2.32. The third-order valence-electron chi connectivity index (χ3n) is 22.1. The first-order valence-electron chi connectivity index (χ1n) is 37.1. The Bertz CT molecular complexity index is 5540. The molecule has 0 spiro atoms. The van der Waals surface area contributed by atoms with E-state index in [4.69, 9.17) is 11.5 Å². The summed E-state index contributed by atoms with van der Waals surface area (Å²) in [5, 5.41) is 18.0. The van der Waals surface area contributed by atoms with Crippen molar-refractivity contribution in [1.82, 2.24) is 9.13 Å². The summed E-state index contributed by atoms with van der Waals surface area (Å²) in [5.74, 6) is 0. The number of rotatable bonds is 10. The molecule has 0 aliphatic carbocycles. The molecule has 0 atom stereocenters. The van der Waals surface area contributed by atoms with Crippen LogP contribution in [-0.2, 0) is 21.7 Å². The third-order valence-corrected chi connectivity index (χ3v) is 22.1. The van der Waals surface area contributed by atoms with Crippen LogP contribution >= 0.6 is 0 Å². The van der Waals surface area contributed by atoms with Crippen molar-refractivity contribution in [3.63, 3.8) is 0 Å². The van der Waals surface area contributed by atoms with Crippen LogP contribution in [-0.4, -0.2) is 22.5 Å². The smallest absolute Gasteiger partial charge is 0.104 e. The lowest BCUT2D eigenvalue weighted by molar-refractivity contribution is 0.590. The molecule has 0 amide bonds. The zero-order chi connectivity index (χ0) is 73.5. The minimum Gasteiger partial charge on any atom is -0.397 e. The van der Waals surface area contributed by atoms with Gasteiger partial charge in [-0.3, -0.25) is 0 Å². The number of hydrogen-bond donors (Lipinski definition) is 2. The van der Waals surface area contributed by atoms with Gasteiger partial charge in [-0.15, -0.1) is 0 Å². The summed E-state index contributed by atoms with van der Waals surface area (Å²) < 4.78 is 4.96. The normalized spacial score (nSPS) is 13.4. The molecule has 0 fully saturated rings. The van der Waals surface area contributed by atoms with Crippen molar-refractivity contribution in [3.05, 3.63) is 301 Å². The molecule has 4 N–H and O–H groups in total. The topological polar surface area (TPSA) is 98.6 Å². The van der Waals surface area contributed by atoms with Crippen LogP contribution in [0.1, 0.15) is 111 Å². The fraction of sp³-hybridized carbons (Fsp3) is 0.186. The molecule has 0 saturated carbocycles. The molecule has 13 aromatic carbocycles. The van der Waals surface area contributed by atoms with Gasteiger partial charge in [0.1, 0.15) is 25.0 Å². The Morgan fingerprint density at radius 3 is 0.811 bits per heavy atom. The summed E-state index contributed by atoms with van der Waals surface area (Å²) in [4.78, 5) is 9.56. The second kappa shape index (κ2) is 25.0. The van der Waals surface area contributed by atoms with E-state index in [0.29, 0.717) is 30.3 Å². The number of anilines is 10. The number of nitrogen functional groups attached to an aromatic ring is 2. The van der Waals surface area contributed by atoms with Gasteiger partial charge in [-0.2, -0.15) is 5.26 Å². The molecule has 9 nitrogen and oxygen atoms in total. The summed E-state index contributed by atoms with van der Waals surface area (Å²) >= 11 is 0. The van der Waals surface area contributed by atoms with Gasteiger partial charge < -0.3 is 40.2 Å². The summed E-state index contributed by atoms with van der Waals surface area (Å²) in [6, 6.07) is 103. The molecule has 9 heteroatoms. The van der Waals surface area contributed by atoms with Gasteiger partial charge in [0, 0.05) is 21.5 Å². The van der Waals surface area contributed by atoms with E-state index in [1.807, 2.05) is 12.1 Å². The highest BCUT2D eigenvalue weighted by atomic mass is 15.4. The first-order chi connectivity index (χ1) is 50.9. The van der Waals surface area contributed by atoms with Gasteiger partial charge >= 0.3 is 0 Å². The van der Waals surface area contributed by atoms with E-state index in [2.05, 4.69) is 379 Å². The zero-order valence-corrected chi connectivity index (χ0v) is 62.7. The molecule has 2 aliphatic rings. The van der Waals surface area contributed by atoms with Crippen LogP contribution in [0, 0.1) is 11.3 Å². The van der Waals surface area contributed by atoms with Gasteiger partial charge in [0.05, 0.1) is 90.3 Å². The summed E-state index contributed by atoms with van der Waals surface area (Å²) in [7, 11) is 0. The van der Waals surface area contributed by atoms with Crippen LogP contribution < -0.4 is 31.1 Å². The Hall–Kier alpha value is -12.3. The Morgan fingerprint density at radius 1 is 0.264 bits per heavy atom. The second-order valence-corrected chi connectivity index (χ2v) is 33.1. The number of nitrogens with two attached hydrogens (primary N) is 2. The average Bonchev–Trinajstić information content (AvgIpc) is 1.52. The second-order valence-electron chi connectivity index (χ2n) is 33.1. The highest BCUT2D eigenvalue weighted by Gasteiger charge is 2.41. The van der Waals surface area contributed by atoms with Crippen molar-refractivity contribution in [3.8, 4) is 62.0 Å². The van der Waals surface area contributed by atoms with Crippen LogP contribution in [0.5, 0.6) is 0 Å². The fourth-order valence-corrected chi connectivity index (χ4v) is 16.2. The predicted octanol–water partition coefficient (Wildman–Crippen LogP) is 25.3. The molecular formula is C97H89N9. The van der Waals surface area contributed by atoms with Gasteiger partial charge in [-0.1, -0.05) is 253 Å². The van der Waals surface area contributed by atoms with Crippen LogP contribution in [0.4, 0.5) is 56.9 Å². The van der Waals surface area contributed by atoms with Crippen molar-refractivity contribution < 1.29 is 0 Å².